The summed E-state index contributed by atoms with van der Waals surface area (Å²) in [6, 6.07) is 4.06. The number of aromatic nitrogens is 4. The third kappa shape index (κ3) is 2.12. The summed E-state index contributed by atoms with van der Waals surface area (Å²) >= 11 is 0. The van der Waals surface area contributed by atoms with Gasteiger partial charge in [0, 0.05) is 25.1 Å². The second-order valence-electron chi connectivity index (χ2n) is 6.07. The molecular weight excluding hydrogens is 278 g/mol. The second kappa shape index (κ2) is 4.93. The van der Waals surface area contributed by atoms with Gasteiger partial charge >= 0.3 is 0 Å². The van der Waals surface area contributed by atoms with E-state index in [4.69, 9.17) is 0 Å². The van der Waals surface area contributed by atoms with Crippen molar-refractivity contribution in [3.05, 3.63) is 42.5 Å². The summed E-state index contributed by atoms with van der Waals surface area (Å²) in [7, 11) is 0. The van der Waals surface area contributed by atoms with Crippen LogP contribution in [0.15, 0.2) is 36.9 Å². The van der Waals surface area contributed by atoms with Gasteiger partial charge in [0.25, 0.3) is 0 Å². The van der Waals surface area contributed by atoms with Gasteiger partial charge in [-0.05, 0) is 31.5 Å². The second-order valence-corrected chi connectivity index (χ2v) is 6.07. The molecule has 1 aliphatic heterocycles. The van der Waals surface area contributed by atoms with E-state index in [1.807, 2.05) is 33.7 Å². The number of imidazole rings is 1. The molecule has 1 fully saturated rings. The Kier molecular flexibility index (Phi) is 3.02. The lowest BCUT2D eigenvalue weighted by atomic mass is 10.0. The molecule has 0 amide bonds. The third-order valence-electron chi connectivity index (χ3n) is 4.38. The van der Waals surface area contributed by atoms with Crippen molar-refractivity contribution in [3.8, 4) is 11.4 Å². The van der Waals surface area contributed by atoms with Crippen LogP contribution in [0.5, 0.6) is 0 Å². The summed E-state index contributed by atoms with van der Waals surface area (Å²) in [5.41, 5.74) is 2.52. The van der Waals surface area contributed by atoms with Crippen LogP contribution in [-0.4, -0.2) is 43.0 Å². The van der Waals surface area contributed by atoms with E-state index in [0.717, 1.165) is 35.4 Å². The molecule has 22 heavy (non-hydrogen) atoms. The number of hydrogen-bond donors (Lipinski definition) is 2. The lowest BCUT2D eigenvalue weighted by molar-refractivity contribution is 0.0436. The van der Waals surface area contributed by atoms with E-state index in [1.165, 1.54) is 0 Å². The number of pyridine rings is 1. The predicted molar refractivity (Wildman–Crippen MR) is 83.6 cm³/mol. The van der Waals surface area contributed by atoms with E-state index in [9.17, 15) is 5.11 Å². The van der Waals surface area contributed by atoms with Crippen LogP contribution in [0.4, 0.5) is 0 Å². The highest BCUT2D eigenvalue weighted by atomic mass is 16.3. The van der Waals surface area contributed by atoms with Crippen LogP contribution in [0.1, 0.15) is 12.0 Å². The molecule has 0 aliphatic carbocycles. The molecule has 6 nitrogen and oxygen atoms in total. The number of β-amino-alcohol motifs (C(OH)–C–C–N with tert-alkyl or cyclic N) is 1. The lowest BCUT2D eigenvalue weighted by Crippen LogP contribution is -2.36. The third-order valence-corrected chi connectivity index (χ3v) is 4.38. The van der Waals surface area contributed by atoms with Crippen molar-refractivity contribution < 1.29 is 5.11 Å². The van der Waals surface area contributed by atoms with Gasteiger partial charge in [-0.3, -0.25) is 0 Å². The maximum atomic E-state index is 10.6. The maximum Gasteiger partial charge on any atom is 0.143 e. The van der Waals surface area contributed by atoms with Gasteiger partial charge in [-0.1, -0.05) is 6.07 Å². The van der Waals surface area contributed by atoms with Crippen molar-refractivity contribution in [3.63, 3.8) is 0 Å². The molecule has 1 saturated heterocycles. The fourth-order valence-electron chi connectivity index (χ4n) is 3.24. The first-order valence-corrected chi connectivity index (χ1v) is 7.54. The Morgan fingerprint density at radius 3 is 3.14 bits per heavy atom. The van der Waals surface area contributed by atoms with Crippen molar-refractivity contribution in [1.29, 1.82) is 0 Å². The minimum absolute atomic E-state index is 0.540. The van der Waals surface area contributed by atoms with Crippen LogP contribution < -0.4 is 5.32 Å². The highest BCUT2D eigenvalue weighted by Gasteiger charge is 2.32. The van der Waals surface area contributed by atoms with Crippen LogP contribution in [0.25, 0.3) is 16.9 Å². The van der Waals surface area contributed by atoms with Crippen LogP contribution in [0.2, 0.25) is 0 Å². The average molecular weight is 297 g/mol. The molecule has 1 unspecified atom stereocenters. The van der Waals surface area contributed by atoms with Gasteiger partial charge in [-0.2, -0.15) is 5.10 Å². The molecule has 0 aromatic carbocycles. The summed E-state index contributed by atoms with van der Waals surface area (Å²) in [5.74, 6) is 0.852. The van der Waals surface area contributed by atoms with Crippen molar-refractivity contribution in [2.24, 2.45) is 0 Å². The minimum Gasteiger partial charge on any atom is -0.387 e. The van der Waals surface area contributed by atoms with Crippen molar-refractivity contribution in [1.82, 2.24) is 24.5 Å². The van der Waals surface area contributed by atoms with E-state index in [0.29, 0.717) is 13.1 Å². The first-order chi connectivity index (χ1) is 10.7. The molecule has 0 radical (unpaired) electrons. The van der Waals surface area contributed by atoms with Crippen molar-refractivity contribution in [2.45, 2.75) is 25.5 Å². The molecule has 0 saturated carbocycles. The number of nitrogens with zero attached hydrogens (tertiary/aromatic N) is 4. The molecule has 1 atom stereocenters. The maximum absolute atomic E-state index is 10.6. The van der Waals surface area contributed by atoms with Gasteiger partial charge < -0.3 is 15.0 Å². The molecule has 4 heterocycles. The highest BCUT2D eigenvalue weighted by molar-refractivity contribution is 5.78. The molecule has 0 spiro atoms. The fourth-order valence-corrected chi connectivity index (χ4v) is 3.24. The summed E-state index contributed by atoms with van der Waals surface area (Å²) in [6.07, 6.45) is 8.25. The summed E-state index contributed by atoms with van der Waals surface area (Å²) in [6.45, 7) is 4.09. The van der Waals surface area contributed by atoms with Crippen molar-refractivity contribution >= 4 is 5.52 Å². The monoisotopic (exact) mass is 297 g/mol. The molecule has 6 heteroatoms. The van der Waals surface area contributed by atoms with E-state index in [1.54, 1.807) is 6.20 Å². The zero-order chi connectivity index (χ0) is 15.2. The van der Waals surface area contributed by atoms with Gasteiger partial charge in [-0.15, -0.1) is 0 Å². The number of fused-ring (bicyclic) bond motifs is 1. The van der Waals surface area contributed by atoms with Crippen LogP contribution >= 0.6 is 0 Å². The average Bonchev–Trinajstić information content (AvgIpc) is 3.19. The van der Waals surface area contributed by atoms with E-state index in [2.05, 4.69) is 28.4 Å². The number of aryl methyl sites for hydroxylation is 1. The molecule has 4 rings (SSSR count). The summed E-state index contributed by atoms with van der Waals surface area (Å²) in [4.78, 5) is 4.50. The molecule has 1 aliphatic rings. The molecule has 2 N–H and O–H groups in total. The number of rotatable bonds is 3. The Balaban J connectivity index is 1.78. The molecule has 114 valence electrons. The summed E-state index contributed by atoms with van der Waals surface area (Å²) < 4.78 is 3.89. The molecule has 3 aromatic heterocycles. The van der Waals surface area contributed by atoms with Crippen LogP contribution in [-0.2, 0) is 6.54 Å². The van der Waals surface area contributed by atoms with Gasteiger partial charge in [0.15, 0.2) is 0 Å². The lowest BCUT2D eigenvalue weighted by Gasteiger charge is -2.22. The zero-order valence-electron chi connectivity index (χ0n) is 12.5. The smallest absolute Gasteiger partial charge is 0.143 e. The Bertz CT molecular complexity index is 813. The largest absolute Gasteiger partial charge is 0.387 e. The first kappa shape index (κ1) is 13.5. The topological polar surface area (TPSA) is 67.4 Å². The minimum atomic E-state index is -0.701. The standard InChI is InChI=1S/C16H19N5O/c1-12-3-2-7-21-14(12)13(9-19-21)15-18-6-8-20(15)11-16(22)4-5-17-10-16/h2-3,6-9,17,22H,4-5,10-11H2,1H3. The van der Waals surface area contributed by atoms with Gasteiger partial charge in [0.2, 0.25) is 0 Å². The molecule has 0 bridgehead atoms. The van der Waals surface area contributed by atoms with Gasteiger partial charge in [-0.25, -0.2) is 9.50 Å². The van der Waals surface area contributed by atoms with Crippen LogP contribution in [0, 0.1) is 6.92 Å². The number of nitrogens with one attached hydrogen (secondary N) is 1. The Morgan fingerprint density at radius 2 is 2.32 bits per heavy atom. The van der Waals surface area contributed by atoms with E-state index >= 15 is 0 Å². The fraction of sp³-hybridized carbons (Fsp3) is 0.375. The van der Waals surface area contributed by atoms with Crippen LogP contribution in [0.3, 0.4) is 0 Å². The normalized spacial score (nSPS) is 21.7. The first-order valence-electron chi connectivity index (χ1n) is 7.54. The summed E-state index contributed by atoms with van der Waals surface area (Å²) in [5, 5.41) is 18.3. The molecular formula is C16H19N5O. The van der Waals surface area contributed by atoms with Gasteiger partial charge in [0.05, 0.1) is 29.4 Å². The SMILES string of the molecule is Cc1cccn2ncc(-c3nccn3CC3(O)CCNC3)c12. The quantitative estimate of drug-likeness (QED) is 0.763. The zero-order valence-corrected chi connectivity index (χ0v) is 12.5. The van der Waals surface area contributed by atoms with E-state index < -0.39 is 5.60 Å². The van der Waals surface area contributed by atoms with Gasteiger partial charge in [0.1, 0.15) is 5.82 Å². The number of hydrogen-bond acceptors (Lipinski definition) is 4. The number of aliphatic hydroxyl groups is 1. The Labute approximate surface area is 128 Å². The van der Waals surface area contributed by atoms with E-state index in [-0.39, 0.29) is 0 Å². The predicted octanol–water partition coefficient (Wildman–Crippen LogP) is 1.23. The Hall–Kier alpha value is -2.18. The Morgan fingerprint density at radius 1 is 1.41 bits per heavy atom. The van der Waals surface area contributed by atoms with Crippen molar-refractivity contribution in [2.75, 3.05) is 13.1 Å². The highest BCUT2D eigenvalue weighted by Crippen LogP contribution is 2.27. The molecule has 3 aromatic rings.